The SMILES string of the molecule is CCC(C)N(C)CCNCC(=O)Nc1ccc(Cl)cc1. The van der Waals surface area contributed by atoms with Gasteiger partial charge in [-0.2, -0.15) is 0 Å². The summed E-state index contributed by atoms with van der Waals surface area (Å²) in [6, 6.07) is 7.66. The fourth-order valence-electron chi connectivity index (χ4n) is 1.73. The van der Waals surface area contributed by atoms with Crippen LogP contribution in [0.1, 0.15) is 20.3 Å². The maximum atomic E-state index is 11.7. The molecule has 0 aromatic heterocycles. The van der Waals surface area contributed by atoms with Gasteiger partial charge in [-0.15, -0.1) is 0 Å². The monoisotopic (exact) mass is 297 g/mol. The van der Waals surface area contributed by atoms with Crippen LogP contribution in [0, 0.1) is 0 Å². The molecule has 1 amide bonds. The minimum atomic E-state index is -0.0430. The Morgan fingerprint density at radius 1 is 1.35 bits per heavy atom. The molecule has 0 bridgehead atoms. The summed E-state index contributed by atoms with van der Waals surface area (Å²) >= 11 is 5.79. The van der Waals surface area contributed by atoms with E-state index in [1.807, 2.05) is 0 Å². The largest absolute Gasteiger partial charge is 0.325 e. The minimum Gasteiger partial charge on any atom is -0.325 e. The van der Waals surface area contributed by atoms with E-state index in [-0.39, 0.29) is 5.91 Å². The summed E-state index contributed by atoms with van der Waals surface area (Å²) in [5.74, 6) is -0.0430. The predicted molar refractivity (Wildman–Crippen MR) is 85.3 cm³/mol. The number of hydrogen-bond donors (Lipinski definition) is 2. The van der Waals surface area contributed by atoms with Gasteiger partial charge >= 0.3 is 0 Å². The molecule has 0 saturated carbocycles. The van der Waals surface area contributed by atoms with Gasteiger partial charge in [0.1, 0.15) is 0 Å². The summed E-state index contributed by atoms with van der Waals surface area (Å²) in [7, 11) is 2.10. The molecule has 0 spiro atoms. The molecule has 0 fully saturated rings. The number of anilines is 1. The third-order valence-electron chi connectivity index (χ3n) is 3.40. The van der Waals surface area contributed by atoms with Crippen molar-refractivity contribution >= 4 is 23.2 Å². The van der Waals surface area contributed by atoms with E-state index < -0.39 is 0 Å². The summed E-state index contributed by atoms with van der Waals surface area (Å²) in [6.07, 6.45) is 1.13. The fourth-order valence-corrected chi connectivity index (χ4v) is 1.85. The summed E-state index contributed by atoms with van der Waals surface area (Å²) < 4.78 is 0. The van der Waals surface area contributed by atoms with Crippen LogP contribution in [0.5, 0.6) is 0 Å². The average Bonchev–Trinajstić information content (AvgIpc) is 2.45. The number of rotatable bonds is 8. The quantitative estimate of drug-likeness (QED) is 0.725. The smallest absolute Gasteiger partial charge is 0.238 e. The van der Waals surface area contributed by atoms with Crippen molar-refractivity contribution in [2.75, 3.05) is 32.0 Å². The highest BCUT2D eigenvalue weighted by molar-refractivity contribution is 6.30. The summed E-state index contributed by atoms with van der Waals surface area (Å²) in [6.45, 7) is 6.43. The van der Waals surface area contributed by atoms with E-state index in [0.717, 1.165) is 25.2 Å². The molecular formula is C15H24ClN3O. The second-order valence-electron chi connectivity index (χ2n) is 4.97. The number of hydrogen-bond acceptors (Lipinski definition) is 3. The Kier molecular flexibility index (Phi) is 7.59. The first-order chi connectivity index (χ1) is 9.52. The highest BCUT2D eigenvalue weighted by Crippen LogP contribution is 2.12. The lowest BCUT2D eigenvalue weighted by atomic mass is 10.2. The maximum absolute atomic E-state index is 11.7. The third-order valence-corrected chi connectivity index (χ3v) is 3.65. The summed E-state index contributed by atoms with van der Waals surface area (Å²) in [5.41, 5.74) is 0.762. The zero-order valence-electron chi connectivity index (χ0n) is 12.4. The molecule has 5 heteroatoms. The van der Waals surface area contributed by atoms with E-state index in [0.29, 0.717) is 17.6 Å². The van der Waals surface area contributed by atoms with Crippen LogP contribution >= 0.6 is 11.6 Å². The molecule has 0 aliphatic rings. The maximum Gasteiger partial charge on any atom is 0.238 e. The van der Waals surface area contributed by atoms with Gasteiger partial charge in [-0.05, 0) is 44.7 Å². The van der Waals surface area contributed by atoms with Gasteiger partial charge in [0, 0.05) is 29.8 Å². The number of amides is 1. The minimum absolute atomic E-state index is 0.0430. The van der Waals surface area contributed by atoms with Crippen LogP contribution in [0.3, 0.4) is 0 Å². The van der Waals surface area contributed by atoms with Crippen LogP contribution in [-0.2, 0) is 4.79 Å². The second kappa shape index (κ2) is 8.95. The van der Waals surface area contributed by atoms with Gasteiger partial charge in [0.2, 0.25) is 5.91 Å². The van der Waals surface area contributed by atoms with Gasteiger partial charge in [0.25, 0.3) is 0 Å². The van der Waals surface area contributed by atoms with Gasteiger partial charge in [0.05, 0.1) is 6.54 Å². The Hall–Kier alpha value is -1.10. The number of benzene rings is 1. The first-order valence-electron chi connectivity index (χ1n) is 6.99. The molecule has 2 N–H and O–H groups in total. The lowest BCUT2D eigenvalue weighted by Crippen LogP contribution is -2.37. The van der Waals surface area contributed by atoms with E-state index in [1.165, 1.54) is 0 Å². The van der Waals surface area contributed by atoms with Crippen molar-refractivity contribution in [3.05, 3.63) is 29.3 Å². The molecule has 1 aromatic carbocycles. The van der Waals surface area contributed by atoms with Gasteiger partial charge in [-0.3, -0.25) is 4.79 Å². The Bertz CT molecular complexity index is 408. The Morgan fingerprint density at radius 2 is 2.00 bits per heavy atom. The van der Waals surface area contributed by atoms with Crippen molar-refractivity contribution in [2.45, 2.75) is 26.3 Å². The van der Waals surface area contributed by atoms with Crippen LogP contribution in [0.4, 0.5) is 5.69 Å². The zero-order valence-corrected chi connectivity index (χ0v) is 13.2. The highest BCUT2D eigenvalue weighted by atomic mass is 35.5. The van der Waals surface area contributed by atoms with Crippen molar-refractivity contribution in [3.63, 3.8) is 0 Å². The molecule has 1 rings (SSSR count). The van der Waals surface area contributed by atoms with Crippen molar-refractivity contribution in [1.29, 1.82) is 0 Å². The van der Waals surface area contributed by atoms with Crippen LogP contribution in [0.25, 0.3) is 0 Å². The zero-order chi connectivity index (χ0) is 15.0. The number of nitrogens with one attached hydrogen (secondary N) is 2. The molecule has 1 aromatic rings. The van der Waals surface area contributed by atoms with Crippen LogP contribution < -0.4 is 10.6 Å². The number of likely N-dealkylation sites (N-methyl/N-ethyl adjacent to an activating group) is 1. The first-order valence-corrected chi connectivity index (χ1v) is 7.37. The molecule has 112 valence electrons. The lowest BCUT2D eigenvalue weighted by Gasteiger charge is -2.23. The molecule has 1 unspecified atom stereocenters. The van der Waals surface area contributed by atoms with Crippen molar-refractivity contribution in [2.24, 2.45) is 0 Å². The van der Waals surface area contributed by atoms with Crippen molar-refractivity contribution in [3.8, 4) is 0 Å². The number of carbonyl (C=O) groups excluding carboxylic acids is 1. The highest BCUT2D eigenvalue weighted by Gasteiger charge is 2.06. The normalized spacial score (nSPS) is 12.4. The molecular weight excluding hydrogens is 274 g/mol. The van der Waals surface area contributed by atoms with Gasteiger partial charge in [0.15, 0.2) is 0 Å². The molecule has 0 aliphatic carbocycles. The number of halogens is 1. The number of nitrogens with zero attached hydrogens (tertiary/aromatic N) is 1. The molecule has 0 saturated heterocycles. The molecule has 1 atom stereocenters. The topological polar surface area (TPSA) is 44.4 Å². The lowest BCUT2D eigenvalue weighted by molar-refractivity contribution is -0.115. The molecule has 20 heavy (non-hydrogen) atoms. The fraction of sp³-hybridized carbons (Fsp3) is 0.533. The summed E-state index contributed by atoms with van der Waals surface area (Å²) in [4.78, 5) is 14.0. The van der Waals surface area contributed by atoms with Crippen LogP contribution in [0.15, 0.2) is 24.3 Å². The Morgan fingerprint density at radius 3 is 2.60 bits per heavy atom. The van der Waals surface area contributed by atoms with Crippen molar-refractivity contribution in [1.82, 2.24) is 10.2 Å². The van der Waals surface area contributed by atoms with E-state index in [4.69, 9.17) is 11.6 Å². The van der Waals surface area contributed by atoms with Crippen LogP contribution in [-0.4, -0.2) is 43.5 Å². The second-order valence-corrected chi connectivity index (χ2v) is 5.41. The van der Waals surface area contributed by atoms with Gasteiger partial charge in [-0.25, -0.2) is 0 Å². The van der Waals surface area contributed by atoms with Gasteiger partial charge in [-0.1, -0.05) is 18.5 Å². The average molecular weight is 298 g/mol. The molecule has 0 heterocycles. The van der Waals surface area contributed by atoms with Crippen LogP contribution in [0.2, 0.25) is 5.02 Å². The molecule has 0 radical (unpaired) electrons. The number of carbonyl (C=O) groups is 1. The first kappa shape index (κ1) is 17.0. The van der Waals surface area contributed by atoms with Gasteiger partial charge < -0.3 is 15.5 Å². The van der Waals surface area contributed by atoms with Crippen molar-refractivity contribution < 1.29 is 4.79 Å². The Balaban J connectivity index is 2.19. The van der Waals surface area contributed by atoms with E-state index in [9.17, 15) is 4.79 Å². The molecule has 4 nitrogen and oxygen atoms in total. The standard InChI is InChI=1S/C15H24ClN3O/c1-4-12(2)19(3)10-9-17-11-15(20)18-14-7-5-13(16)6-8-14/h5-8,12,17H,4,9-11H2,1-3H3,(H,18,20). The summed E-state index contributed by atoms with van der Waals surface area (Å²) in [5, 5.41) is 6.63. The van der Waals surface area contributed by atoms with E-state index >= 15 is 0 Å². The predicted octanol–water partition coefficient (Wildman–Crippen LogP) is 2.60. The van der Waals surface area contributed by atoms with E-state index in [2.05, 4.69) is 36.4 Å². The Labute approximate surface area is 126 Å². The van der Waals surface area contributed by atoms with E-state index in [1.54, 1.807) is 24.3 Å². The third kappa shape index (κ3) is 6.37. The molecule has 0 aliphatic heterocycles.